The second kappa shape index (κ2) is 6.37. The molecule has 1 aliphatic rings. The number of nitrogens with one attached hydrogen (secondary N) is 1. The number of rotatable bonds is 6. The summed E-state index contributed by atoms with van der Waals surface area (Å²) in [5, 5.41) is 8.13. The van der Waals surface area contributed by atoms with E-state index in [4.69, 9.17) is 4.74 Å². The van der Waals surface area contributed by atoms with Crippen molar-refractivity contribution in [3.05, 3.63) is 15.9 Å². The molecule has 1 unspecified atom stereocenters. The van der Waals surface area contributed by atoms with Gasteiger partial charge in [-0.2, -0.15) is 5.10 Å². The molecule has 1 aromatic heterocycles. The standard InChI is InChI=1S/C14H24BrN3O/c1-4-11-13(15)12(18(5-2)17-11)9-16-10-14(3)7-6-8-19-14/h16H,4-10H2,1-3H3. The maximum atomic E-state index is 5.79. The molecule has 0 aliphatic carbocycles. The first kappa shape index (κ1) is 15.0. The number of ether oxygens (including phenoxy) is 1. The van der Waals surface area contributed by atoms with Gasteiger partial charge in [0, 0.05) is 26.2 Å². The van der Waals surface area contributed by atoms with Gasteiger partial charge in [0.25, 0.3) is 0 Å². The largest absolute Gasteiger partial charge is 0.374 e. The zero-order valence-corrected chi connectivity index (χ0v) is 13.7. The average molecular weight is 330 g/mol. The van der Waals surface area contributed by atoms with E-state index in [2.05, 4.69) is 51.8 Å². The smallest absolute Gasteiger partial charge is 0.0779 e. The quantitative estimate of drug-likeness (QED) is 0.872. The molecule has 0 saturated carbocycles. The normalized spacial score (nSPS) is 23.2. The molecular weight excluding hydrogens is 306 g/mol. The van der Waals surface area contributed by atoms with Crippen LogP contribution in [0.3, 0.4) is 0 Å². The predicted molar refractivity (Wildman–Crippen MR) is 80.3 cm³/mol. The van der Waals surface area contributed by atoms with Crippen LogP contribution in [0.1, 0.15) is 45.0 Å². The third kappa shape index (κ3) is 3.38. The fourth-order valence-electron chi connectivity index (χ4n) is 2.61. The second-order valence-electron chi connectivity index (χ2n) is 5.38. The Labute approximate surface area is 124 Å². The molecule has 1 aliphatic heterocycles. The summed E-state index contributed by atoms with van der Waals surface area (Å²) >= 11 is 3.68. The lowest BCUT2D eigenvalue weighted by atomic mass is 10.0. The Bertz CT molecular complexity index is 425. The van der Waals surface area contributed by atoms with E-state index >= 15 is 0 Å². The molecule has 0 amide bonds. The van der Waals surface area contributed by atoms with E-state index in [-0.39, 0.29) is 5.60 Å². The zero-order chi connectivity index (χ0) is 13.9. The van der Waals surface area contributed by atoms with Crippen molar-refractivity contribution in [3.8, 4) is 0 Å². The van der Waals surface area contributed by atoms with Gasteiger partial charge < -0.3 is 10.1 Å². The SMILES string of the molecule is CCc1nn(CC)c(CNCC2(C)CCCO2)c1Br. The minimum atomic E-state index is 0.0110. The van der Waals surface area contributed by atoms with Crippen molar-refractivity contribution in [2.24, 2.45) is 0 Å². The number of aryl methyl sites for hydroxylation is 2. The van der Waals surface area contributed by atoms with Crippen LogP contribution in [0.2, 0.25) is 0 Å². The summed E-state index contributed by atoms with van der Waals surface area (Å²) in [4.78, 5) is 0. The molecule has 19 heavy (non-hydrogen) atoms. The highest BCUT2D eigenvalue weighted by atomic mass is 79.9. The molecular formula is C14H24BrN3O. The topological polar surface area (TPSA) is 39.1 Å². The highest BCUT2D eigenvalue weighted by molar-refractivity contribution is 9.10. The summed E-state index contributed by atoms with van der Waals surface area (Å²) in [5.41, 5.74) is 2.39. The molecule has 0 aromatic carbocycles. The van der Waals surface area contributed by atoms with E-state index in [1.54, 1.807) is 0 Å². The molecule has 1 N–H and O–H groups in total. The van der Waals surface area contributed by atoms with Crippen LogP contribution in [0, 0.1) is 0 Å². The van der Waals surface area contributed by atoms with Crippen molar-refractivity contribution in [2.45, 2.75) is 58.7 Å². The number of hydrogen-bond donors (Lipinski definition) is 1. The first-order valence-electron chi connectivity index (χ1n) is 7.18. The molecule has 1 fully saturated rings. The average Bonchev–Trinajstić information content (AvgIpc) is 2.95. The minimum Gasteiger partial charge on any atom is -0.374 e. The van der Waals surface area contributed by atoms with Gasteiger partial charge in [-0.3, -0.25) is 4.68 Å². The number of nitrogens with zero attached hydrogens (tertiary/aromatic N) is 2. The molecule has 1 atom stereocenters. The molecule has 0 bridgehead atoms. The Balaban J connectivity index is 1.97. The van der Waals surface area contributed by atoms with Crippen LogP contribution in [0.5, 0.6) is 0 Å². The monoisotopic (exact) mass is 329 g/mol. The van der Waals surface area contributed by atoms with Gasteiger partial charge in [0.15, 0.2) is 0 Å². The van der Waals surface area contributed by atoms with Crippen molar-refractivity contribution >= 4 is 15.9 Å². The van der Waals surface area contributed by atoms with Crippen LogP contribution in [0.15, 0.2) is 4.47 Å². The van der Waals surface area contributed by atoms with Gasteiger partial charge in [0.2, 0.25) is 0 Å². The summed E-state index contributed by atoms with van der Waals surface area (Å²) in [6.07, 6.45) is 3.28. The van der Waals surface area contributed by atoms with Gasteiger partial charge in [-0.25, -0.2) is 0 Å². The Morgan fingerprint density at radius 2 is 2.26 bits per heavy atom. The molecule has 5 heteroatoms. The molecule has 1 saturated heterocycles. The summed E-state index contributed by atoms with van der Waals surface area (Å²) in [5.74, 6) is 0. The minimum absolute atomic E-state index is 0.0110. The van der Waals surface area contributed by atoms with Crippen LogP contribution in [0.25, 0.3) is 0 Å². The molecule has 2 rings (SSSR count). The molecule has 0 spiro atoms. The van der Waals surface area contributed by atoms with Crippen LogP contribution in [0.4, 0.5) is 0 Å². The molecule has 2 heterocycles. The van der Waals surface area contributed by atoms with Crippen LogP contribution >= 0.6 is 15.9 Å². The highest BCUT2D eigenvalue weighted by Crippen LogP contribution is 2.25. The number of hydrogen-bond acceptors (Lipinski definition) is 3. The lowest BCUT2D eigenvalue weighted by Crippen LogP contribution is -2.37. The fourth-order valence-corrected chi connectivity index (χ4v) is 3.31. The van der Waals surface area contributed by atoms with Crippen molar-refractivity contribution in [3.63, 3.8) is 0 Å². The lowest BCUT2D eigenvalue weighted by Gasteiger charge is -2.23. The highest BCUT2D eigenvalue weighted by Gasteiger charge is 2.29. The fraction of sp³-hybridized carbons (Fsp3) is 0.786. The maximum Gasteiger partial charge on any atom is 0.0779 e. The summed E-state index contributed by atoms with van der Waals surface area (Å²) in [6, 6.07) is 0. The molecule has 1 aromatic rings. The Morgan fingerprint density at radius 1 is 1.47 bits per heavy atom. The van der Waals surface area contributed by atoms with Crippen molar-refractivity contribution in [1.82, 2.24) is 15.1 Å². The third-order valence-corrected chi connectivity index (χ3v) is 4.70. The van der Waals surface area contributed by atoms with Gasteiger partial charge in [-0.15, -0.1) is 0 Å². The molecule has 0 radical (unpaired) electrons. The van der Waals surface area contributed by atoms with Crippen molar-refractivity contribution < 1.29 is 4.74 Å². The van der Waals surface area contributed by atoms with E-state index in [0.29, 0.717) is 0 Å². The van der Waals surface area contributed by atoms with Gasteiger partial charge >= 0.3 is 0 Å². The first-order valence-corrected chi connectivity index (χ1v) is 7.97. The summed E-state index contributed by atoms with van der Waals surface area (Å²) in [7, 11) is 0. The molecule has 108 valence electrons. The predicted octanol–water partition coefficient (Wildman–Crippen LogP) is 2.89. The number of aromatic nitrogens is 2. The first-order chi connectivity index (χ1) is 9.09. The number of halogens is 1. The van der Waals surface area contributed by atoms with Gasteiger partial charge in [0.1, 0.15) is 0 Å². The zero-order valence-electron chi connectivity index (χ0n) is 12.1. The lowest BCUT2D eigenvalue weighted by molar-refractivity contribution is 0.0205. The van der Waals surface area contributed by atoms with Gasteiger partial charge in [0.05, 0.1) is 21.5 Å². The van der Waals surface area contributed by atoms with Gasteiger partial charge in [-0.1, -0.05) is 6.92 Å². The summed E-state index contributed by atoms with van der Waals surface area (Å²) in [6.45, 7) is 9.99. The Morgan fingerprint density at radius 3 is 2.84 bits per heavy atom. The van der Waals surface area contributed by atoms with Crippen LogP contribution in [-0.2, 0) is 24.2 Å². The summed E-state index contributed by atoms with van der Waals surface area (Å²) < 4.78 is 9.03. The van der Waals surface area contributed by atoms with E-state index in [0.717, 1.165) is 49.2 Å². The van der Waals surface area contributed by atoms with E-state index in [1.165, 1.54) is 12.1 Å². The third-order valence-electron chi connectivity index (χ3n) is 3.79. The maximum absolute atomic E-state index is 5.79. The molecule has 4 nitrogen and oxygen atoms in total. The second-order valence-corrected chi connectivity index (χ2v) is 6.18. The van der Waals surface area contributed by atoms with Crippen LogP contribution < -0.4 is 5.32 Å². The van der Waals surface area contributed by atoms with Gasteiger partial charge in [-0.05, 0) is 49.0 Å². The van der Waals surface area contributed by atoms with E-state index < -0.39 is 0 Å². The Kier molecular flexibility index (Phi) is 5.03. The van der Waals surface area contributed by atoms with Crippen molar-refractivity contribution in [2.75, 3.05) is 13.2 Å². The van der Waals surface area contributed by atoms with E-state index in [9.17, 15) is 0 Å². The van der Waals surface area contributed by atoms with E-state index in [1.807, 2.05) is 0 Å². The van der Waals surface area contributed by atoms with Crippen LogP contribution in [-0.4, -0.2) is 28.5 Å². The van der Waals surface area contributed by atoms with Crippen molar-refractivity contribution in [1.29, 1.82) is 0 Å². The Hall–Kier alpha value is -0.390.